The minimum absolute atomic E-state index is 0.0259. The molecule has 0 rings (SSSR count). The van der Waals surface area contributed by atoms with Crippen LogP contribution >= 0.6 is 0 Å². The van der Waals surface area contributed by atoms with Crippen LogP contribution in [0.15, 0.2) is 41.4 Å². The lowest BCUT2D eigenvalue weighted by molar-refractivity contribution is -0.122. The van der Waals surface area contributed by atoms with E-state index in [1.807, 2.05) is 37.0 Å². The van der Waals surface area contributed by atoms with Gasteiger partial charge in [0, 0.05) is 12.8 Å². The molecule has 1 amide bonds. The Balaban J connectivity index is 4.74. The SMILES string of the molecule is C=C/C(C)=C\C=C\CN(CC(=O)NCC(=N)N)C(C)/N=C/CO. The van der Waals surface area contributed by atoms with Gasteiger partial charge in [-0.15, -0.1) is 0 Å². The van der Waals surface area contributed by atoms with Crippen LogP contribution in [0.2, 0.25) is 0 Å². The number of nitrogens with two attached hydrogens (primary N) is 1. The van der Waals surface area contributed by atoms with Gasteiger partial charge in [0.25, 0.3) is 0 Å². The topological polar surface area (TPSA) is 115 Å². The van der Waals surface area contributed by atoms with E-state index in [9.17, 15) is 4.79 Å². The second kappa shape index (κ2) is 12.3. The van der Waals surface area contributed by atoms with E-state index in [1.54, 1.807) is 6.08 Å². The Labute approximate surface area is 137 Å². The third kappa shape index (κ3) is 11.0. The molecule has 0 saturated heterocycles. The number of rotatable bonds is 11. The van der Waals surface area contributed by atoms with Crippen LogP contribution in [0.25, 0.3) is 0 Å². The van der Waals surface area contributed by atoms with Crippen LogP contribution in [0.1, 0.15) is 13.8 Å². The summed E-state index contributed by atoms with van der Waals surface area (Å²) in [6, 6.07) is 0. The highest BCUT2D eigenvalue weighted by atomic mass is 16.3. The maximum absolute atomic E-state index is 11.9. The van der Waals surface area contributed by atoms with E-state index in [1.165, 1.54) is 6.21 Å². The summed E-state index contributed by atoms with van der Waals surface area (Å²) >= 11 is 0. The van der Waals surface area contributed by atoms with Gasteiger partial charge in [0.05, 0.1) is 25.9 Å². The lowest BCUT2D eigenvalue weighted by atomic mass is 10.2. The van der Waals surface area contributed by atoms with Crippen LogP contribution in [0, 0.1) is 5.41 Å². The Bertz CT molecular complexity index is 483. The zero-order valence-corrected chi connectivity index (χ0v) is 13.8. The average molecular weight is 321 g/mol. The molecule has 23 heavy (non-hydrogen) atoms. The van der Waals surface area contributed by atoms with Gasteiger partial charge >= 0.3 is 0 Å². The van der Waals surface area contributed by atoms with Crippen LogP contribution in [0.3, 0.4) is 0 Å². The summed E-state index contributed by atoms with van der Waals surface area (Å²) in [5.74, 6) is -0.335. The highest BCUT2D eigenvalue weighted by molar-refractivity contribution is 5.86. The molecule has 128 valence electrons. The number of nitrogens with zero attached hydrogens (tertiary/aromatic N) is 2. The van der Waals surface area contributed by atoms with Gasteiger partial charge in [-0.2, -0.15) is 0 Å². The maximum atomic E-state index is 11.9. The molecular weight excluding hydrogens is 294 g/mol. The number of allylic oxidation sites excluding steroid dienone is 4. The second-order valence-electron chi connectivity index (χ2n) is 4.92. The molecule has 7 heteroatoms. The number of amides is 1. The summed E-state index contributed by atoms with van der Waals surface area (Å²) in [5, 5.41) is 18.5. The van der Waals surface area contributed by atoms with Crippen molar-refractivity contribution in [1.29, 1.82) is 5.41 Å². The first-order valence-corrected chi connectivity index (χ1v) is 7.32. The molecule has 0 spiro atoms. The summed E-state index contributed by atoms with van der Waals surface area (Å²) in [5.41, 5.74) is 6.25. The van der Waals surface area contributed by atoms with Crippen molar-refractivity contribution in [3.63, 3.8) is 0 Å². The standard InChI is InChI=1S/C16H27N5O2/c1-4-13(2)7-5-6-9-21(14(3)19-8-10-22)12-16(23)20-11-15(17)18/h4-8,14,22H,1,9-12H2,2-3H3,(H3,17,18)(H,20,23)/b6-5+,13-7-,19-8+. The van der Waals surface area contributed by atoms with E-state index in [0.29, 0.717) is 6.54 Å². The van der Waals surface area contributed by atoms with E-state index in [-0.39, 0.29) is 37.6 Å². The van der Waals surface area contributed by atoms with E-state index in [4.69, 9.17) is 16.2 Å². The van der Waals surface area contributed by atoms with E-state index < -0.39 is 0 Å². The minimum atomic E-state index is -0.264. The lowest BCUT2D eigenvalue weighted by Crippen LogP contribution is -2.43. The van der Waals surface area contributed by atoms with Crippen LogP contribution in [-0.2, 0) is 4.79 Å². The fourth-order valence-corrected chi connectivity index (χ4v) is 1.56. The van der Waals surface area contributed by atoms with Crippen molar-refractivity contribution in [2.24, 2.45) is 10.7 Å². The molecule has 0 fully saturated rings. The number of nitrogens with one attached hydrogen (secondary N) is 2. The van der Waals surface area contributed by atoms with Crippen LogP contribution < -0.4 is 11.1 Å². The molecule has 0 aromatic rings. The number of aliphatic hydroxyl groups excluding tert-OH is 1. The first-order valence-electron chi connectivity index (χ1n) is 7.32. The third-order valence-corrected chi connectivity index (χ3v) is 2.91. The van der Waals surface area contributed by atoms with Gasteiger partial charge in [-0.05, 0) is 13.8 Å². The van der Waals surface area contributed by atoms with Crippen molar-refractivity contribution < 1.29 is 9.90 Å². The summed E-state index contributed by atoms with van der Waals surface area (Å²) in [4.78, 5) is 17.9. The van der Waals surface area contributed by atoms with Gasteiger partial charge in [0.2, 0.25) is 5.91 Å². The number of aliphatic hydroxyl groups is 1. The Morgan fingerprint density at radius 1 is 1.57 bits per heavy atom. The van der Waals surface area contributed by atoms with Gasteiger partial charge in [0.1, 0.15) is 5.84 Å². The number of carbonyl (C=O) groups is 1. The molecule has 0 aliphatic rings. The number of aliphatic imine (C=N–C) groups is 1. The largest absolute Gasteiger partial charge is 0.391 e. The van der Waals surface area contributed by atoms with Crippen molar-refractivity contribution in [3.05, 3.63) is 36.5 Å². The number of hydrogen-bond donors (Lipinski definition) is 4. The maximum Gasteiger partial charge on any atom is 0.234 e. The predicted octanol–water partition coefficient (Wildman–Crippen LogP) is 0.438. The van der Waals surface area contributed by atoms with Crippen molar-refractivity contribution in [2.75, 3.05) is 26.2 Å². The van der Waals surface area contributed by atoms with Crippen molar-refractivity contribution >= 4 is 18.0 Å². The number of amidine groups is 1. The summed E-state index contributed by atoms with van der Waals surface area (Å²) in [6.07, 6.45) is 8.61. The molecule has 1 unspecified atom stereocenters. The summed E-state index contributed by atoms with van der Waals surface area (Å²) in [6.45, 7) is 7.96. The molecular formula is C16H27N5O2. The first-order chi connectivity index (χ1) is 10.9. The van der Waals surface area contributed by atoms with Gasteiger partial charge in [-0.3, -0.25) is 20.1 Å². The Hall–Kier alpha value is -2.25. The van der Waals surface area contributed by atoms with E-state index >= 15 is 0 Å². The van der Waals surface area contributed by atoms with Gasteiger partial charge in [-0.25, -0.2) is 0 Å². The fraction of sp³-hybridized carbons (Fsp3) is 0.438. The van der Waals surface area contributed by atoms with Crippen molar-refractivity contribution in [1.82, 2.24) is 10.2 Å². The number of hydrogen-bond acceptors (Lipinski definition) is 5. The average Bonchev–Trinajstić information content (AvgIpc) is 2.52. The summed E-state index contributed by atoms with van der Waals surface area (Å²) in [7, 11) is 0. The summed E-state index contributed by atoms with van der Waals surface area (Å²) < 4.78 is 0. The van der Waals surface area contributed by atoms with Crippen molar-refractivity contribution in [2.45, 2.75) is 20.0 Å². The Morgan fingerprint density at radius 3 is 2.83 bits per heavy atom. The normalized spacial score (nSPS) is 13.7. The van der Waals surface area contributed by atoms with Crippen molar-refractivity contribution in [3.8, 4) is 0 Å². The predicted molar refractivity (Wildman–Crippen MR) is 94.6 cm³/mol. The van der Waals surface area contributed by atoms with Gasteiger partial charge in [0.15, 0.2) is 0 Å². The molecule has 0 aliphatic carbocycles. The fourth-order valence-electron chi connectivity index (χ4n) is 1.56. The molecule has 0 aromatic heterocycles. The van der Waals surface area contributed by atoms with Crippen LogP contribution in [0.5, 0.6) is 0 Å². The Kier molecular flexibility index (Phi) is 11.1. The van der Waals surface area contributed by atoms with Crippen LogP contribution in [0.4, 0.5) is 0 Å². The molecule has 0 aromatic carbocycles. The highest BCUT2D eigenvalue weighted by Crippen LogP contribution is 2.01. The Morgan fingerprint density at radius 2 is 2.26 bits per heavy atom. The molecule has 0 bridgehead atoms. The molecule has 0 saturated carbocycles. The minimum Gasteiger partial charge on any atom is -0.391 e. The third-order valence-electron chi connectivity index (χ3n) is 2.91. The highest BCUT2D eigenvalue weighted by Gasteiger charge is 2.14. The molecule has 0 radical (unpaired) electrons. The monoisotopic (exact) mass is 321 g/mol. The zero-order valence-electron chi connectivity index (χ0n) is 13.8. The zero-order chi connectivity index (χ0) is 17.7. The molecule has 7 nitrogen and oxygen atoms in total. The molecule has 0 heterocycles. The van der Waals surface area contributed by atoms with Crippen LogP contribution in [-0.4, -0.2) is 60.4 Å². The molecule has 5 N–H and O–H groups in total. The van der Waals surface area contributed by atoms with Gasteiger partial charge < -0.3 is 16.2 Å². The molecule has 1 atom stereocenters. The quantitative estimate of drug-likeness (QED) is 0.251. The number of carbonyl (C=O) groups excluding carboxylic acids is 1. The lowest BCUT2D eigenvalue weighted by Gasteiger charge is -2.24. The van der Waals surface area contributed by atoms with Gasteiger partial charge in [-0.1, -0.05) is 36.5 Å². The van der Waals surface area contributed by atoms with E-state index in [0.717, 1.165) is 5.57 Å². The smallest absolute Gasteiger partial charge is 0.234 e. The first kappa shape index (κ1) is 20.8. The van der Waals surface area contributed by atoms with E-state index in [2.05, 4.69) is 16.9 Å². The molecule has 0 aliphatic heterocycles. The second-order valence-corrected chi connectivity index (χ2v) is 4.92.